The predicted octanol–water partition coefficient (Wildman–Crippen LogP) is 1.82. The van der Waals surface area contributed by atoms with Crippen LogP contribution in [0.2, 0.25) is 0 Å². The lowest BCUT2D eigenvalue weighted by molar-refractivity contribution is -0.145. The Morgan fingerprint density at radius 3 is 2.67 bits per heavy atom. The molecule has 1 heterocycles. The summed E-state index contributed by atoms with van der Waals surface area (Å²) in [5.41, 5.74) is 0.899. The highest BCUT2D eigenvalue weighted by Gasteiger charge is 2.30. The predicted molar refractivity (Wildman–Crippen MR) is 89.5 cm³/mol. The smallest absolute Gasteiger partial charge is 0.344 e. The zero-order chi connectivity index (χ0) is 17.5. The van der Waals surface area contributed by atoms with Crippen LogP contribution < -0.4 is 14.8 Å². The van der Waals surface area contributed by atoms with Gasteiger partial charge in [-0.05, 0) is 31.5 Å². The number of thioether (sulfide) groups is 1. The summed E-state index contributed by atoms with van der Waals surface area (Å²) in [5, 5.41) is 12.0. The lowest BCUT2D eigenvalue weighted by Crippen LogP contribution is -2.33. The number of rotatable bonds is 8. The molecule has 7 nitrogen and oxygen atoms in total. The number of esters is 1. The van der Waals surface area contributed by atoms with Gasteiger partial charge in [0, 0.05) is 5.75 Å². The minimum atomic E-state index is -0.857. The van der Waals surface area contributed by atoms with Gasteiger partial charge < -0.3 is 19.3 Å². The van der Waals surface area contributed by atoms with Gasteiger partial charge in [0.05, 0.1) is 18.6 Å². The Kier molecular flexibility index (Phi) is 6.74. The van der Waals surface area contributed by atoms with Gasteiger partial charge in [-0.3, -0.25) is 10.1 Å². The number of hydrogen-bond donors (Lipinski definition) is 2. The zero-order valence-corrected chi connectivity index (χ0v) is 14.4. The maximum absolute atomic E-state index is 11.4. The first-order valence-electron chi connectivity index (χ1n) is 7.70. The summed E-state index contributed by atoms with van der Waals surface area (Å²) in [6.45, 7) is 4.14. The molecule has 1 saturated heterocycles. The quantitative estimate of drug-likeness (QED) is 0.682. The fourth-order valence-corrected chi connectivity index (χ4v) is 3.44. The molecule has 0 aliphatic carbocycles. The van der Waals surface area contributed by atoms with E-state index in [9.17, 15) is 9.59 Å². The van der Waals surface area contributed by atoms with Gasteiger partial charge >= 0.3 is 11.9 Å². The van der Waals surface area contributed by atoms with Gasteiger partial charge in [0.2, 0.25) is 0 Å². The molecular formula is C16H21NO6S. The van der Waals surface area contributed by atoms with Gasteiger partial charge in [0.1, 0.15) is 6.04 Å². The topological polar surface area (TPSA) is 94.1 Å². The van der Waals surface area contributed by atoms with E-state index >= 15 is 0 Å². The normalized spacial score (nSPS) is 19.8. The monoisotopic (exact) mass is 355 g/mol. The number of carboxylic acids is 1. The first-order chi connectivity index (χ1) is 11.5. The number of hydrogen-bond acceptors (Lipinski definition) is 7. The van der Waals surface area contributed by atoms with E-state index in [1.165, 1.54) is 11.8 Å². The Balaban J connectivity index is 2.08. The van der Waals surface area contributed by atoms with Crippen LogP contribution in [0.25, 0.3) is 0 Å². The minimum absolute atomic E-state index is 0.121. The van der Waals surface area contributed by atoms with Gasteiger partial charge in [-0.15, -0.1) is 11.8 Å². The minimum Gasteiger partial charge on any atom is -0.490 e. The summed E-state index contributed by atoms with van der Waals surface area (Å²) in [6, 6.07) is 4.79. The summed E-state index contributed by atoms with van der Waals surface area (Å²) in [5.74, 6) is 0.170. The fourth-order valence-electron chi connectivity index (χ4n) is 2.22. The Labute approximate surface area is 144 Å². The molecule has 0 radical (unpaired) electrons. The van der Waals surface area contributed by atoms with Crippen molar-refractivity contribution in [1.82, 2.24) is 5.32 Å². The van der Waals surface area contributed by atoms with E-state index in [1.54, 1.807) is 19.1 Å². The van der Waals surface area contributed by atoms with Crippen LogP contribution in [0.1, 0.15) is 24.8 Å². The summed E-state index contributed by atoms with van der Waals surface area (Å²) in [7, 11) is 0. The Morgan fingerprint density at radius 2 is 2.04 bits per heavy atom. The van der Waals surface area contributed by atoms with Crippen molar-refractivity contribution in [3.8, 4) is 11.5 Å². The molecule has 0 spiro atoms. The van der Waals surface area contributed by atoms with Gasteiger partial charge in [-0.25, -0.2) is 4.79 Å². The van der Waals surface area contributed by atoms with E-state index in [0.29, 0.717) is 30.5 Å². The molecule has 0 saturated carbocycles. The second-order valence-corrected chi connectivity index (χ2v) is 6.14. The van der Waals surface area contributed by atoms with Crippen molar-refractivity contribution in [2.45, 2.75) is 25.3 Å². The van der Waals surface area contributed by atoms with Crippen molar-refractivity contribution >= 4 is 23.7 Å². The lowest BCUT2D eigenvalue weighted by atomic mass is 10.2. The second-order valence-electron chi connectivity index (χ2n) is 5.00. The average molecular weight is 355 g/mol. The van der Waals surface area contributed by atoms with Crippen molar-refractivity contribution in [2.24, 2.45) is 0 Å². The van der Waals surface area contributed by atoms with Crippen LogP contribution in [-0.4, -0.2) is 48.7 Å². The van der Waals surface area contributed by atoms with E-state index < -0.39 is 18.0 Å². The number of carbonyl (C=O) groups is 2. The Morgan fingerprint density at radius 1 is 1.25 bits per heavy atom. The van der Waals surface area contributed by atoms with Crippen molar-refractivity contribution < 1.29 is 28.9 Å². The highest BCUT2D eigenvalue weighted by molar-refractivity contribution is 7.99. The molecule has 1 aliphatic heterocycles. The number of benzene rings is 1. The molecule has 1 aromatic carbocycles. The maximum Gasteiger partial charge on any atom is 0.344 e. The van der Waals surface area contributed by atoms with Gasteiger partial charge in [-0.2, -0.15) is 0 Å². The van der Waals surface area contributed by atoms with Crippen molar-refractivity contribution in [2.75, 3.05) is 25.6 Å². The third kappa shape index (κ3) is 4.78. The molecule has 0 unspecified atom stereocenters. The number of aliphatic carboxylic acids is 1. The summed E-state index contributed by atoms with van der Waals surface area (Å²) in [4.78, 5) is 22.4. The van der Waals surface area contributed by atoms with Gasteiger partial charge in [0.15, 0.2) is 18.1 Å². The third-order valence-corrected chi connectivity index (χ3v) is 4.57. The number of ether oxygens (including phenoxy) is 3. The number of nitrogens with one attached hydrogen (secondary N) is 1. The molecule has 0 bridgehead atoms. The second kappa shape index (κ2) is 8.79. The number of carboxylic acid groups (broad SMARTS) is 1. The molecule has 1 aliphatic rings. The standard InChI is InChI=1S/C16H21NO6S/c1-3-21-13-7-10(15-17-11(9-24-15)16(19)20)5-6-12(13)23-8-14(18)22-4-2/h5-7,11,15,17H,3-4,8-9H2,1-2H3,(H,19,20)/t11-,15-/m0/s1. The highest BCUT2D eigenvalue weighted by Crippen LogP contribution is 2.37. The molecule has 0 aromatic heterocycles. The van der Waals surface area contributed by atoms with E-state index in [0.717, 1.165) is 5.56 Å². The molecule has 1 fully saturated rings. The largest absolute Gasteiger partial charge is 0.490 e. The van der Waals surface area contributed by atoms with Crippen molar-refractivity contribution in [1.29, 1.82) is 0 Å². The van der Waals surface area contributed by atoms with E-state index in [4.69, 9.17) is 19.3 Å². The van der Waals surface area contributed by atoms with E-state index in [1.807, 2.05) is 13.0 Å². The third-order valence-electron chi connectivity index (χ3n) is 3.30. The van der Waals surface area contributed by atoms with Crippen molar-refractivity contribution in [3.63, 3.8) is 0 Å². The molecule has 2 atom stereocenters. The van der Waals surface area contributed by atoms with Crippen LogP contribution in [0, 0.1) is 0 Å². The fraction of sp³-hybridized carbons (Fsp3) is 0.500. The molecule has 2 N–H and O–H groups in total. The first kappa shape index (κ1) is 18.4. The SMILES string of the molecule is CCOC(=O)COc1ccc([C@H]2N[C@H](C(=O)O)CS2)cc1OCC. The van der Waals surface area contributed by atoms with Crippen molar-refractivity contribution in [3.05, 3.63) is 23.8 Å². The first-order valence-corrected chi connectivity index (χ1v) is 8.75. The lowest BCUT2D eigenvalue weighted by Gasteiger charge is -2.16. The molecule has 0 amide bonds. The molecule has 2 rings (SSSR count). The van der Waals surface area contributed by atoms with Crippen LogP contribution in [0.3, 0.4) is 0 Å². The van der Waals surface area contributed by atoms with Crippen LogP contribution >= 0.6 is 11.8 Å². The molecular weight excluding hydrogens is 334 g/mol. The van der Waals surface area contributed by atoms with Crippen LogP contribution in [-0.2, 0) is 14.3 Å². The van der Waals surface area contributed by atoms with Crippen LogP contribution in [0.5, 0.6) is 11.5 Å². The van der Waals surface area contributed by atoms with E-state index in [-0.39, 0.29) is 12.0 Å². The molecule has 132 valence electrons. The van der Waals surface area contributed by atoms with Crippen LogP contribution in [0.4, 0.5) is 0 Å². The average Bonchev–Trinajstić information content (AvgIpc) is 3.04. The van der Waals surface area contributed by atoms with Gasteiger partial charge in [-0.1, -0.05) is 6.07 Å². The zero-order valence-electron chi connectivity index (χ0n) is 13.6. The Hall–Kier alpha value is -1.93. The summed E-state index contributed by atoms with van der Waals surface area (Å²) >= 11 is 1.53. The van der Waals surface area contributed by atoms with E-state index in [2.05, 4.69) is 5.32 Å². The maximum atomic E-state index is 11.4. The molecule has 1 aromatic rings. The summed E-state index contributed by atoms with van der Waals surface area (Å²) in [6.07, 6.45) is 0. The molecule has 24 heavy (non-hydrogen) atoms. The Bertz CT molecular complexity index is 594. The number of carbonyl (C=O) groups excluding carboxylic acids is 1. The summed E-state index contributed by atoms with van der Waals surface area (Å²) < 4.78 is 15.9. The van der Waals surface area contributed by atoms with Gasteiger partial charge in [0.25, 0.3) is 0 Å². The molecule has 8 heteroatoms. The van der Waals surface area contributed by atoms with Crippen LogP contribution in [0.15, 0.2) is 18.2 Å². The highest BCUT2D eigenvalue weighted by atomic mass is 32.2.